The Morgan fingerprint density at radius 1 is 1.28 bits per heavy atom. The molecule has 1 saturated heterocycles. The Morgan fingerprint density at radius 2 is 2.06 bits per heavy atom. The number of thioether (sulfide) groups is 1. The van der Waals surface area contributed by atoms with E-state index in [2.05, 4.69) is 49.8 Å². The van der Waals surface area contributed by atoms with Crippen LogP contribution in [0.25, 0.3) is 0 Å². The number of nitrogens with one attached hydrogen (secondary N) is 1. The maximum absolute atomic E-state index is 12.6. The van der Waals surface area contributed by atoms with Crippen molar-refractivity contribution in [3.63, 3.8) is 0 Å². The Morgan fingerprint density at radius 3 is 2.78 bits per heavy atom. The molecule has 0 saturated carbocycles. The summed E-state index contributed by atoms with van der Waals surface area (Å²) in [5.74, 6) is 2.20. The first-order valence-corrected chi connectivity index (χ1v) is 12.8. The molecule has 0 unspecified atom stereocenters. The average Bonchev–Trinajstić information content (AvgIpc) is 2.96. The lowest BCUT2D eigenvalue weighted by atomic mass is 9.94. The van der Waals surface area contributed by atoms with E-state index in [1.807, 2.05) is 12.1 Å². The molecular weight excluding hydrogens is 422 g/mol. The van der Waals surface area contributed by atoms with Gasteiger partial charge in [0.15, 0.2) is 0 Å². The van der Waals surface area contributed by atoms with Gasteiger partial charge in [0.25, 0.3) is 0 Å². The SMILES string of the molecule is CCCCCOc1ccc([C@H]2SCC(=O)Nc3c2c(C)nn3[C@H]2CCOC(C)(C)C2)cc1. The summed E-state index contributed by atoms with van der Waals surface area (Å²) in [7, 11) is 0. The number of nitrogens with zero attached hydrogens (tertiary/aromatic N) is 2. The van der Waals surface area contributed by atoms with E-state index in [0.717, 1.165) is 48.7 Å². The van der Waals surface area contributed by atoms with Crippen LogP contribution in [-0.2, 0) is 9.53 Å². The molecule has 0 aliphatic carbocycles. The van der Waals surface area contributed by atoms with Gasteiger partial charge in [-0.15, -0.1) is 11.8 Å². The van der Waals surface area contributed by atoms with Crippen LogP contribution in [0.1, 0.15) is 81.0 Å². The Hall–Kier alpha value is -1.99. The molecule has 32 heavy (non-hydrogen) atoms. The number of rotatable bonds is 7. The van der Waals surface area contributed by atoms with Gasteiger partial charge in [-0.2, -0.15) is 5.10 Å². The fourth-order valence-electron chi connectivity index (χ4n) is 4.63. The summed E-state index contributed by atoms with van der Waals surface area (Å²) >= 11 is 1.66. The molecule has 0 spiro atoms. The number of anilines is 1. The smallest absolute Gasteiger partial charge is 0.235 e. The molecule has 0 radical (unpaired) electrons. The van der Waals surface area contributed by atoms with Crippen LogP contribution in [0.2, 0.25) is 0 Å². The summed E-state index contributed by atoms with van der Waals surface area (Å²) in [6, 6.07) is 8.55. The van der Waals surface area contributed by atoms with Gasteiger partial charge in [0.05, 0.1) is 34.9 Å². The summed E-state index contributed by atoms with van der Waals surface area (Å²) in [4.78, 5) is 12.6. The van der Waals surface area contributed by atoms with Crippen LogP contribution >= 0.6 is 11.8 Å². The van der Waals surface area contributed by atoms with Gasteiger partial charge in [-0.1, -0.05) is 31.9 Å². The van der Waals surface area contributed by atoms with Crippen molar-refractivity contribution in [3.05, 3.63) is 41.1 Å². The second-order valence-electron chi connectivity index (χ2n) is 9.41. The average molecular weight is 458 g/mol. The van der Waals surface area contributed by atoms with Crippen LogP contribution in [0.4, 0.5) is 5.82 Å². The van der Waals surface area contributed by atoms with Crippen LogP contribution in [0.15, 0.2) is 24.3 Å². The van der Waals surface area contributed by atoms with Crippen LogP contribution in [0.5, 0.6) is 5.75 Å². The zero-order valence-corrected chi connectivity index (χ0v) is 20.5. The molecule has 3 heterocycles. The van der Waals surface area contributed by atoms with Crippen molar-refractivity contribution in [3.8, 4) is 5.75 Å². The number of aromatic nitrogens is 2. The normalized spacial score (nSPS) is 22.7. The molecule has 2 aromatic rings. The highest BCUT2D eigenvalue weighted by molar-refractivity contribution is 8.00. The molecule has 1 aromatic carbocycles. The van der Waals surface area contributed by atoms with Gasteiger partial charge < -0.3 is 14.8 Å². The molecule has 1 fully saturated rings. The molecular formula is C25H35N3O3S. The molecule has 7 heteroatoms. The summed E-state index contributed by atoms with van der Waals surface area (Å²) in [6.45, 7) is 9.95. The summed E-state index contributed by atoms with van der Waals surface area (Å²) in [6.07, 6.45) is 5.23. The van der Waals surface area contributed by atoms with Gasteiger partial charge in [0.2, 0.25) is 5.91 Å². The lowest BCUT2D eigenvalue weighted by molar-refractivity contribution is -0.113. The lowest BCUT2D eigenvalue weighted by Gasteiger charge is -2.36. The van der Waals surface area contributed by atoms with Crippen LogP contribution in [-0.4, -0.2) is 40.3 Å². The Bertz CT molecular complexity index is 939. The molecule has 2 aliphatic rings. The predicted octanol–water partition coefficient (Wildman–Crippen LogP) is 5.67. The lowest BCUT2D eigenvalue weighted by Crippen LogP contribution is -2.36. The third kappa shape index (κ3) is 5.15. The number of hydrogen-bond acceptors (Lipinski definition) is 5. The van der Waals surface area contributed by atoms with E-state index in [-0.39, 0.29) is 22.8 Å². The van der Waals surface area contributed by atoms with E-state index < -0.39 is 0 Å². The van der Waals surface area contributed by atoms with Crippen molar-refractivity contribution in [1.82, 2.24) is 9.78 Å². The number of benzene rings is 1. The minimum atomic E-state index is -0.189. The number of amides is 1. The van der Waals surface area contributed by atoms with Crippen molar-refractivity contribution in [2.24, 2.45) is 0 Å². The number of carbonyl (C=O) groups is 1. The van der Waals surface area contributed by atoms with Crippen LogP contribution in [0.3, 0.4) is 0 Å². The molecule has 174 valence electrons. The van der Waals surface area contributed by atoms with Crippen molar-refractivity contribution < 1.29 is 14.3 Å². The minimum Gasteiger partial charge on any atom is -0.494 e. The first kappa shape index (κ1) is 23.2. The molecule has 1 aromatic heterocycles. The molecule has 2 atom stereocenters. The van der Waals surface area contributed by atoms with E-state index in [9.17, 15) is 4.79 Å². The summed E-state index contributed by atoms with van der Waals surface area (Å²) in [5, 5.41) is 8.14. The third-order valence-electron chi connectivity index (χ3n) is 6.25. The molecule has 0 bridgehead atoms. The van der Waals surface area contributed by atoms with E-state index in [0.29, 0.717) is 12.4 Å². The molecule has 1 N–H and O–H groups in total. The van der Waals surface area contributed by atoms with E-state index in [1.54, 1.807) is 11.8 Å². The number of aryl methyl sites for hydroxylation is 1. The number of fused-ring (bicyclic) bond motifs is 1. The van der Waals surface area contributed by atoms with Crippen molar-refractivity contribution in [2.75, 3.05) is 24.3 Å². The maximum Gasteiger partial charge on any atom is 0.235 e. The van der Waals surface area contributed by atoms with Crippen molar-refractivity contribution in [2.45, 2.75) is 76.7 Å². The third-order valence-corrected chi connectivity index (χ3v) is 7.52. The minimum absolute atomic E-state index is 0.0297. The highest BCUT2D eigenvalue weighted by Gasteiger charge is 2.36. The van der Waals surface area contributed by atoms with Gasteiger partial charge in [-0.25, -0.2) is 4.68 Å². The zero-order chi connectivity index (χ0) is 22.7. The first-order valence-electron chi connectivity index (χ1n) is 11.7. The van der Waals surface area contributed by atoms with E-state index in [1.165, 1.54) is 18.4 Å². The van der Waals surface area contributed by atoms with Gasteiger partial charge in [-0.3, -0.25) is 4.79 Å². The standard InChI is InChI=1S/C25H35N3O3S/c1-5-6-7-13-30-20-10-8-18(9-11-20)23-22-17(2)27-28(24(22)26-21(29)16-32-23)19-12-14-31-25(3,4)15-19/h8-11,19,23H,5-7,12-16H2,1-4H3,(H,26,29)/t19-,23+/m0/s1. The summed E-state index contributed by atoms with van der Waals surface area (Å²) < 4.78 is 13.9. The van der Waals surface area contributed by atoms with Crippen molar-refractivity contribution in [1.29, 1.82) is 0 Å². The fraction of sp³-hybridized carbons (Fsp3) is 0.600. The number of hydrogen-bond donors (Lipinski definition) is 1. The number of carbonyl (C=O) groups excluding carboxylic acids is 1. The van der Waals surface area contributed by atoms with Crippen molar-refractivity contribution >= 4 is 23.5 Å². The van der Waals surface area contributed by atoms with Gasteiger partial charge in [-0.05, 0) is 57.7 Å². The molecule has 6 nitrogen and oxygen atoms in total. The maximum atomic E-state index is 12.6. The second-order valence-corrected chi connectivity index (χ2v) is 10.5. The Labute approximate surface area is 195 Å². The number of ether oxygens (including phenoxy) is 2. The fourth-order valence-corrected chi connectivity index (χ4v) is 5.81. The predicted molar refractivity (Wildman–Crippen MR) is 130 cm³/mol. The highest BCUT2D eigenvalue weighted by Crippen LogP contribution is 2.45. The number of unbranched alkanes of at least 4 members (excludes halogenated alkanes) is 2. The van der Waals surface area contributed by atoms with Gasteiger partial charge in [0, 0.05) is 12.2 Å². The van der Waals surface area contributed by atoms with Crippen LogP contribution in [0, 0.1) is 6.92 Å². The Balaban J connectivity index is 1.61. The second kappa shape index (κ2) is 9.87. The van der Waals surface area contributed by atoms with E-state index in [4.69, 9.17) is 14.6 Å². The van der Waals surface area contributed by atoms with E-state index >= 15 is 0 Å². The van der Waals surface area contributed by atoms with Gasteiger partial charge >= 0.3 is 0 Å². The quantitative estimate of drug-likeness (QED) is 0.543. The molecule has 4 rings (SSSR count). The monoisotopic (exact) mass is 457 g/mol. The topological polar surface area (TPSA) is 65.4 Å². The Kier molecular flexibility index (Phi) is 7.15. The summed E-state index contributed by atoms with van der Waals surface area (Å²) in [5.41, 5.74) is 3.07. The van der Waals surface area contributed by atoms with Crippen LogP contribution < -0.4 is 10.1 Å². The zero-order valence-electron chi connectivity index (χ0n) is 19.6. The first-order chi connectivity index (χ1) is 15.4. The van der Waals surface area contributed by atoms with Gasteiger partial charge in [0.1, 0.15) is 11.6 Å². The largest absolute Gasteiger partial charge is 0.494 e. The highest BCUT2D eigenvalue weighted by atomic mass is 32.2. The molecule has 2 aliphatic heterocycles. The molecule has 1 amide bonds.